The van der Waals surface area contributed by atoms with Gasteiger partial charge in [0.15, 0.2) is 11.6 Å². The Morgan fingerprint density at radius 3 is 2.09 bits per heavy atom. The third-order valence-electron chi connectivity index (χ3n) is 9.08. The number of benzene rings is 2. The molecule has 1 heterocycles. The standard InChI is InChI=1S/C39H52F4N2O9/c1-9-50-34(46)39(42,43)52-33-29(20-26(40)21-30(33)41)25-12-16-28(17-13-25)51-23-32-31(18-19-44(32)35(47)53-37(2,3)4)45(36(48)54-38(5,6)7)22-24-10-14-27(49-8)15-11-24/h10-11,14-15,20-21,25,28,31-32H,9,12-13,16-19,22-23H2,1-8H3/t25-,28+,31-,32-/m0/s1. The minimum atomic E-state index is -4.50. The molecule has 1 saturated heterocycles. The average Bonchev–Trinajstić information content (AvgIpc) is 3.50. The van der Waals surface area contributed by atoms with E-state index in [9.17, 15) is 31.9 Å². The van der Waals surface area contributed by atoms with Gasteiger partial charge < -0.3 is 33.3 Å². The van der Waals surface area contributed by atoms with E-state index in [1.807, 2.05) is 12.1 Å². The van der Waals surface area contributed by atoms with Gasteiger partial charge in [-0.25, -0.2) is 23.2 Å². The maximum absolute atomic E-state index is 14.9. The third-order valence-corrected chi connectivity index (χ3v) is 9.08. The van der Waals surface area contributed by atoms with Crippen LogP contribution in [0.3, 0.4) is 0 Å². The van der Waals surface area contributed by atoms with Gasteiger partial charge in [-0.05, 0) is 110 Å². The molecule has 0 aromatic heterocycles. The van der Waals surface area contributed by atoms with Crippen LogP contribution in [-0.4, -0.2) is 90.3 Å². The quantitative estimate of drug-likeness (QED) is 0.119. The molecule has 2 aromatic rings. The fourth-order valence-electron chi connectivity index (χ4n) is 6.67. The van der Waals surface area contributed by atoms with Gasteiger partial charge in [0.05, 0.1) is 38.5 Å². The van der Waals surface area contributed by atoms with Crippen molar-refractivity contribution >= 4 is 18.2 Å². The Bertz CT molecular complexity index is 1600. The van der Waals surface area contributed by atoms with Gasteiger partial charge in [0.2, 0.25) is 0 Å². The van der Waals surface area contributed by atoms with Crippen molar-refractivity contribution < 1.29 is 60.4 Å². The summed E-state index contributed by atoms with van der Waals surface area (Å²) in [4.78, 5) is 42.3. The zero-order chi connectivity index (χ0) is 40.0. The number of halogens is 4. The second-order valence-corrected chi connectivity index (χ2v) is 15.5. The molecule has 0 bridgehead atoms. The van der Waals surface area contributed by atoms with Crippen molar-refractivity contribution in [3.8, 4) is 11.5 Å². The van der Waals surface area contributed by atoms with E-state index in [-0.39, 0.29) is 38.0 Å². The van der Waals surface area contributed by atoms with Gasteiger partial charge in [0, 0.05) is 24.7 Å². The normalized spacial score (nSPS) is 20.6. The summed E-state index contributed by atoms with van der Waals surface area (Å²) in [5.41, 5.74) is -0.902. The SMILES string of the molecule is CCOC(=O)C(F)(F)Oc1c(F)cc(F)cc1[C@H]1CC[C@@H](OC[C@H]2[C@@H](N(Cc3ccc(OC)cc3)C(=O)OC(C)(C)C)CCN2C(=O)OC(C)(C)C)CC1. The maximum atomic E-state index is 14.9. The van der Waals surface area contributed by atoms with Gasteiger partial charge in [-0.2, -0.15) is 8.78 Å². The van der Waals surface area contributed by atoms with E-state index in [1.165, 1.54) is 6.92 Å². The summed E-state index contributed by atoms with van der Waals surface area (Å²) in [5, 5.41) is 0. The highest BCUT2D eigenvalue weighted by atomic mass is 19.3. The number of hydrogen-bond acceptors (Lipinski definition) is 9. The van der Waals surface area contributed by atoms with Crippen LogP contribution in [0.5, 0.6) is 11.5 Å². The summed E-state index contributed by atoms with van der Waals surface area (Å²) in [6.45, 7) is 12.1. The van der Waals surface area contributed by atoms with Gasteiger partial charge in [-0.15, -0.1) is 0 Å². The largest absolute Gasteiger partial charge is 0.502 e. The number of rotatable bonds is 12. The Labute approximate surface area is 314 Å². The van der Waals surface area contributed by atoms with Crippen LogP contribution in [0.4, 0.5) is 27.2 Å². The highest BCUT2D eigenvalue weighted by Crippen LogP contribution is 2.42. The van der Waals surface area contributed by atoms with Gasteiger partial charge in [0.1, 0.15) is 22.8 Å². The van der Waals surface area contributed by atoms with Crippen LogP contribution < -0.4 is 9.47 Å². The molecule has 1 aliphatic carbocycles. The number of alkyl halides is 2. The van der Waals surface area contributed by atoms with Crippen molar-refractivity contribution in [2.24, 2.45) is 0 Å². The summed E-state index contributed by atoms with van der Waals surface area (Å²) in [5.74, 6) is -5.19. The first kappa shape index (κ1) is 42.5. The highest BCUT2D eigenvalue weighted by molar-refractivity contribution is 5.76. The Kier molecular flexibility index (Phi) is 13.7. The third kappa shape index (κ3) is 11.4. The lowest BCUT2D eigenvalue weighted by Gasteiger charge is -2.38. The number of amides is 2. The Morgan fingerprint density at radius 2 is 1.52 bits per heavy atom. The van der Waals surface area contributed by atoms with Crippen LogP contribution >= 0.6 is 0 Å². The fraction of sp³-hybridized carbons (Fsp3) is 0.615. The van der Waals surface area contributed by atoms with Crippen molar-refractivity contribution in [1.82, 2.24) is 9.80 Å². The molecular weight excluding hydrogens is 716 g/mol. The van der Waals surface area contributed by atoms with Crippen LogP contribution in [0.15, 0.2) is 36.4 Å². The molecule has 0 unspecified atom stereocenters. The molecule has 2 atom stereocenters. The molecule has 0 spiro atoms. The number of carbonyl (C=O) groups is 3. The molecule has 2 aliphatic rings. The molecule has 4 rings (SSSR count). The molecule has 2 aromatic carbocycles. The van der Waals surface area contributed by atoms with E-state index in [0.717, 1.165) is 11.6 Å². The second kappa shape index (κ2) is 17.5. The summed E-state index contributed by atoms with van der Waals surface area (Å²) in [6, 6.07) is 7.47. The molecule has 11 nitrogen and oxygen atoms in total. The predicted molar refractivity (Wildman–Crippen MR) is 189 cm³/mol. The molecule has 0 radical (unpaired) electrons. The fourth-order valence-corrected chi connectivity index (χ4v) is 6.67. The van der Waals surface area contributed by atoms with E-state index in [2.05, 4.69) is 9.47 Å². The minimum Gasteiger partial charge on any atom is -0.497 e. The topological polar surface area (TPSA) is 113 Å². The number of ether oxygens (including phenoxy) is 6. The van der Waals surface area contributed by atoms with Crippen molar-refractivity contribution in [2.75, 3.05) is 26.9 Å². The van der Waals surface area contributed by atoms with Crippen molar-refractivity contribution in [1.29, 1.82) is 0 Å². The number of hydrogen-bond donors (Lipinski definition) is 0. The van der Waals surface area contributed by atoms with Gasteiger partial charge >= 0.3 is 24.3 Å². The van der Waals surface area contributed by atoms with Crippen LogP contribution in [0.1, 0.15) is 97.6 Å². The van der Waals surface area contributed by atoms with Gasteiger partial charge in [-0.3, -0.25) is 4.90 Å². The summed E-state index contributed by atoms with van der Waals surface area (Å²) >= 11 is 0. The first-order valence-electron chi connectivity index (χ1n) is 18.2. The van der Waals surface area contributed by atoms with E-state index in [1.54, 1.807) is 70.6 Å². The first-order chi connectivity index (χ1) is 25.2. The zero-order valence-corrected chi connectivity index (χ0v) is 32.2. The molecule has 0 N–H and O–H groups in total. The molecular formula is C39H52F4N2O9. The first-order valence-corrected chi connectivity index (χ1v) is 18.2. The Hall–Kier alpha value is -4.27. The van der Waals surface area contributed by atoms with Crippen LogP contribution in [0, 0.1) is 11.6 Å². The predicted octanol–water partition coefficient (Wildman–Crippen LogP) is 8.37. The van der Waals surface area contributed by atoms with E-state index < -0.39 is 70.9 Å². The lowest BCUT2D eigenvalue weighted by atomic mass is 9.82. The van der Waals surface area contributed by atoms with Crippen LogP contribution in [-0.2, 0) is 30.3 Å². The number of carbonyl (C=O) groups excluding carboxylic acids is 3. The minimum absolute atomic E-state index is 0.0237. The highest BCUT2D eigenvalue weighted by Gasteiger charge is 2.47. The number of esters is 1. The summed E-state index contributed by atoms with van der Waals surface area (Å²) in [6.07, 6.45) is -4.24. The monoisotopic (exact) mass is 768 g/mol. The molecule has 1 saturated carbocycles. The molecule has 2 amide bonds. The average molecular weight is 769 g/mol. The van der Waals surface area contributed by atoms with Crippen molar-refractivity contribution in [2.45, 2.75) is 129 Å². The maximum Gasteiger partial charge on any atom is 0.502 e. The molecule has 15 heteroatoms. The zero-order valence-electron chi connectivity index (χ0n) is 32.2. The van der Waals surface area contributed by atoms with Gasteiger partial charge in [0.25, 0.3) is 0 Å². The van der Waals surface area contributed by atoms with Crippen LogP contribution in [0.25, 0.3) is 0 Å². The smallest absolute Gasteiger partial charge is 0.497 e. The number of methoxy groups -OCH3 is 1. The number of nitrogens with zero attached hydrogens (tertiary/aromatic N) is 2. The lowest BCUT2D eigenvalue weighted by Crippen LogP contribution is -2.53. The molecule has 2 fully saturated rings. The summed E-state index contributed by atoms with van der Waals surface area (Å²) < 4.78 is 90.5. The summed E-state index contributed by atoms with van der Waals surface area (Å²) in [7, 11) is 1.56. The van der Waals surface area contributed by atoms with Crippen molar-refractivity contribution in [3.05, 3.63) is 59.2 Å². The molecule has 54 heavy (non-hydrogen) atoms. The van der Waals surface area contributed by atoms with E-state index >= 15 is 0 Å². The number of likely N-dealkylation sites (tertiary alicyclic amines) is 1. The Morgan fingerprint density at radius 1 is 0.889 bits per heavy atom. The van der Waals surface area contributed by atoms with E-state index in [4.69, 9.17) is 18.9 Å². The molecule has 1 aliphatic heterocycles. The van der Waals surface area contributed by atoms with Gasteiger partial charge in [-0.1, -0.05) is 12.1 Å². The van der Waals surface area contributed by atoms with E-state index in [0.29, 0.717) is 43.9 Å². The van der Waals surface area contributed by atoms with Crippen molar-refractivity contribution in [3.63, 3.8) is 0 Å². The second-order valence-electron chi connectivity index (χ2n) is 15.5. The lowest BCUT2D eigenvalue weighted by molar-refractivity contribution is -0.217. The molecule has 300 valence electrons. The van der Waals surface area contributed by atoms with Crippen LogP contribution in [0.2, 0.25) is 0 Å². The Balaban J connectivity index is 1.54.